The fourth-order valence-corrected chi connectivity index (χ4v) is 3.69. The van der Waals surface area contributed by atoms with E-state index in [1.54, 1.807) is 12.1 Å². The summed E-state index contributed by atoms with van der Waals surface area (Å²) in [6.07, 6.45) is 5.05. The molecule has 0 spiro atoms. The third-order valence-electron chi connectivity index (χ3n) is 4.74. The summed E-state index contributed by atoms with van der Waals surface area (Å²) in [5, 5.41) is 3.63. The van der Waals surface area contributed by atoms with Gasteiger partial charge in [0.25, 0.3) is 0 Å². The average Bonchev–Trinajstić information content (AvgIpc) is 2.87. The molecule has 114 valence electrons. The van der Waals surface area contributed by atoms with Crippen LogP contribution in [0.4, 0.5) is 4.39 Å². The van der Waals surface area contributed by atoms with Gasteiger partial charge in [0.1, 0.15) is 17.7 Å². The van der Waals surface area contributed by atoms with E-state index in [2.05, 4.69) is 11.4 Å². The molecule has 2 fully saturated rings. The molecule has 4 rings (SSSR count). The lowest BCUT2D eigenvalue weighted by Gasteiger charge is -2.29. The van der Waals surface area contributed by atoms with Crippen molar-refractivity contribution in [3.05, 3.63) is 54.3 Å². The Labute approximate surface area is 130 Å². The number of nitrogens with one attached hydrogen (secondary N) is 1. The number of piperidine rings is 1. The largest absolute Gasteiger partial charge is 0.490 e. The zero-order valence-corrected chi connectivity index (χ0v) is 12.5. The maximum absolute atomic E-state index is 13.0. The van der Waals surface area contributed by atoms with E-state index in [-0.39, 0.29) is 5.82 Å². The first kappa shape index (κ1) is 13.8. The fourth-order valence-electron chi connectivity index (χ4n) is 3.69. The smallest absolute Gasteiger partial charge is 0.123 e. The molecular weight excluding hydrogens is 277 g/mol. The first-order chi connectivity index (χ1) is 10.8. The van der Waals surface area contributed by atoms with Crippen molar-refractivity contribution in [3.63, 3.8) is 0 Å². The van der Waals surface area contributed by atoms with Crippen molar-refractivity contribution in [1.29, 1.82) is 0 Å². The lowest BCUT2D eigenvalue weighted by molar-refractivity contribution is 0.137. The van der Waals surface area contributed by atoms with Crippen LogP contribution in [0.5, 0.6) is 5.75 Å². The molecule has 0 amide bonds. The summed E-state index contributed by atoms with van der Waals surface area (Å²) < 4.78 is 19.2. The van der Waals surface area contributed by atoms with Crippen molar-refractivity contribution in [2.24, 2.45) is 0 Å². The van der Waals surface area contributed by atoms with E-state index in [1.165, 1.54) is 25.0 Å². The second-order valence-corrected chi connectivity index (χ2v) is 6.38. The highest BCUT2D eigenvalue weighted by atomic mass is 19.1. The van der Waals surface area contributed by atoms with Gasteiger partial charge in [0, 0.05) is 12.1 Å². The summed E-state index contributed by atoms with van der Waals surface area (Å²) in [5.74, 6) is 0.703. The molecule has 2 heterocycles. The summed E-state index contributed by atoms with van der Waals surface area (Å²) >= 11 is 0. The molecule has 1 N–H and O–H groups in total. The molecule has 2 aromatic rings. The molecule has 22 heavy (non-hydrogen) atoms. The Morgan fingerprint density at radius 1 is 0.909 bits per heavy atom. The van der Waals surface area contributed by atoms with Gasteiger partial charge in [-0.3, -0.25) is 0 Å². The van der Waals surface area contributed by atoms with Crippen molar-refractivity contribution in [2.45, 2.75) is 43.9 Å². The second kappa shape index (κ2) is 5.73. The minimum absolute atomic E-state index is 0.207. The van der Waals surface area contributed by atoms with E-state index in [9.17, 15) is 4.39 Å². The lowest BCUT2D eigenvalue weighted by atomic mass is 10.0. The van der Waals surface area contributed by atoms with Gasteiger partial charge >= 0.3 is 0 Å². The zero-order chi connectivity index (χ0) is 14.9. The summed E-state index contributed by atoms with van der Waals surface area (Å²) in [4.78, 5) is 0. The van der Waals surface area contributed by atoms with Gasteiger partial charge in [0.2, 0.25) is 0 Å². The minimum atomic E-state index is -0.207. The van der Waals surface area contributed by atoms with Crippen molar-refractivity contribution >= 4 is 0 Å². The Morgan fingerprint density at radius 2 is 1.64 bits per heavy atom. The van der Waals surface area contributed by atoms with Crippen LogP contribution in [0, 0.1) is 5.82 Å². The molecule has 3 heteroatoms. The Bertz CT molecular complexity index is 643. The quantitative estimate of drug-likeness (QED) is 0.918. The van der Waals surface area contributed by atoms with Gasteiger partial charge < -0.3 is 10.1 Å². The van der Waals surface area contributed by atoms with Crippen LogP contribution in [0.25, 0.3) is 11.1 Å². The molecule has 0 radical (unpaired) electrons. The lowest BCUT2D eigenvalue weighted by Crippen LogP contribution is -2.42. The average molecular weight is 297 g/mol. The number of benzene rings is 2. The molecule has 2 aromatic carbocycles. The molecule has 0 aromatic heterocycles. The molecule has 2 bridgehead atoms. The van der Waals surface area contributed by atoms with Crippen LogP contribution in [-0.2, 0) is 0 Å². The predicted molar refractivity (Wildman–Crippen MR) is 85.4 cm³/mol. The predicted octanol–water partition coefficient (Wildman–Crippen LogP) is 4.15. The van der Waals surface area contributed by atoms with Crippen molar-refractivity contribution < 1.29 is 9.13 Å². The molecule has 0 saturated carbocycles. The number of fused-ring (bicyclic) bond motifs is 2. The Balaban J connectivity index is 1.51. The zero-order valence-electron chi connectivity index (χ0n) is 12.5. The second-order valence-electron chi connectivity index (χ2n) is 6.38. The summed E-state index contributed by atoms with van der Waals surface area (Å²) in [7, 11) is 0. The van der Waals surface area contributed by atoms with Gasteiger partial charge in [0.05, 0.1) is 0 Å². The highest BCUT2D eigenvalue weighted by molar-refractivity contribution is 5.64. The maximum Gasteiger partial charge on any atom is 0.123 e. The molecule has 2 unspecified atom stereocenters. The van der Waals surface area contributed by atoms with E-state index in [4.69, 9.17) is 4.74 Å². The van der Waals surface area contributed by atoms with Gasteiger partial charge in [-0.1, -0.05) is 24.3 Å². The molecule has 2 aliphatic rings. The van der Waals surface area contributed by atoms with Gasteiger partial charge in [-0.15, -0.1) is 0 Å². The summed E-state index contributed by atoms with van der Waals surface area (Å²) in [6.45, 7) is 0. The van der Waals surface area contributed by atoms with E-state index < -0.39 is 0 Å². The van der Waals surface area contributed by atoms with Crippen LogP contribution >= 0.6 is 0 Å². The molecule has 2 nitrogen and oxygen atoms in total. The van der Waals surface area contributed by atoms with Crippen LogP contribution < -0.4 is 10.1 Å². The summed E-state index contributed by atoms with van der Waals surface area (Å²) in [5.41, 5.74) is 2.08. The normalized spacial score (nSPS) is 26.9. The monoisotopic (exact) mass is 297 g/mol. The molecule has 0 aliphatic carbocycles. The van der Waals surface area contributed by atoms with E-state index in [0.717, 1.165) is 29.7 Å². The van der Waals surface area contributed by atoms with Gasteiger partial charge in [0.15, 0.2) is 0 Å². The van der Waals surface area contributed by atoms with Crippen molar-refractivity contribution in [2.75, 3.05) is 0 Å². The number of hydrogen-bond acceptors (Lipinski definition) is 2. The Kier molecular flexibility index (Phi) is 3.59. The Morgan fingerprint density at radius 3 is 2.36 bits per heavy atom. The van der Waals surface area contributed by atoms with Crippen LogP contribution in [0.1, 0.15) is 25.7 Å². The first-order valence-electron chi connectivity index (χ1n) is 8.05. The number of halogens is 1. The highest BCUT2D eigenvalue weighted by Crippen LogP contribution is 2.31. The third kappa shape index (κ3) is 2.86. The van der Waals surface area contributed by atoms with Crippen LogP contribution in [-0.4, -0.2) is 18.2 Å². The first-order valence-corrected chi connectivity index (χ1v) is 8.05. The van der Waals surface area contributed by atoms with Crippen LogP contribution in [0.15, 0.2) is 48.5 Å². The molecular formula is C19H20FNO. The standard InChI is InChI=1S/C19H20FNO/c20-15-6-4-13(5-7-15)14-2-1-3-18(10-14)22-19-11-16-8-9-17(12-19)21-16/h1-7,10,16-17,19,21H,8-9,11-12H2. The van der Waals surface area contributed by atoms with E-state index in [1.807, 2.05) is 18.2 Å². The van der Waals surface area contributed by atoms with E-state index in [0.29, 0.717) is 18.2 Å². The fraction of sp³-hybridized carbons (Fsp3) is 0.368. The molecule has 2 atom stereocenters. The number of rotatable bonds is 3. The third-order valence-corrected chi connectivity index (χ3v) is 4.74. The Hall–Kier alpha value is -1.87. The topological polar surface area (TPSA) is 21.3 Å². The van der Waals surface area contributed by atoms with Crippen molar-refractivity contribution in [1.82, 2.24) is 5.32 Å². The number of hydrogen-bond donors (Lipinski definition) is 1. The van der Waals surface area contributed by atoms with Gasteiger partial charge in [-0.25, -0.2) is 4.39 Å². The number of ether oxygens (including phenoxy) is 1. The van der Waals surface area contributed by atoms with E-state index >= 15 is 0 Å². The van der Waals surface area contributed by atoms with Crippen LogP contribution in [0.2, 0.25) is 0 Å². The van der Waals surface area contributed by atoms with Gasteiger partial charge in [-0.2, -0.15) is 0 Å². The highest BCUT2D eigenvalue weighted by Gasteiger charge is 2.34. The van der Waals surface area contributed by atoms with Crippen LogP contribution in [0.3, 0.4) is 0 Å². The van der Waals surface area contributed by atoms with Gasteiger partial charge in [-0.05, 0) is 61.1 Å². The van der Waals surface area contributed by atoms with Crippen molar-refractivity contribution in [3.8, 4) is 16.9 Å². The maximum atomic E-state index is 13.0. The minimum Gasteiger partial charge on any atom is -0.490 e. The SMILES string of the molecule is Fc1ccc(-c2cccc(OC3CC4CCC(C3)N4)c2)cc1. The molecule has 2 aliphatic heterocycles. The summed E-state index contributed by atoms with van der Waals surface area (Å²) in [6, 6.07) is 16.0. The molecule has 2 saturated heterocycles.